The minimum Gasteiger partial charge on any atom is -0.483 e. The van der Waals surface area contributed by atoms with Crippen molar-refractivity contribution in [2.24, 2.45) is 11.8 Å². The third kappa shape index (κ3) is 4.60. The number of benzene rings is 1. The van der Waals surface area contributed by atoms with Crippen molar-refractivity contribution in [1.82, 2.24) is 9.88 Å². The fraction of sp³-hybridized carbons (Fsp3) is 0.522. The maximum atomic E-state index is 12.9. The molecule has 2 bridgehead atoms. The lowest BCUT2D eigenvalue weighted by Crippen LogP contribution is -2.65. The number of fused-ring (bicyclic) bond motifs is 4. The van der Waals surface area contributed by atoms with Gasteiger partial charge in [0.05, 0.1) is 12.3 Å². The molecule has 1 aromatic heterocycles. The lowest BCUT2D eigenvalue weighted by atomic mass is 9.71. The van der Waals surface area contributed by atoms with Crippen LogP contribution in [0.15, 0.2) is 35.7 Å². The molecule has 0 radical (unpaired) electrons. The molecule has 2 aromatic rings. The molecule has 31 heavy (non-hydrogen) atoms. The second-order valence-electron chi connectivity index (χ2n) is 8.56. The fourth-order valence-corrected chi connectivity index (χ4v) is 6.40. The molecule has 0 saturated carbocycles. The van der Waals surface area contributed by atoms with Crippen molar-refractivity contribution in [3.63, 3.8) is 0 Å². The molecule has 3 saturated heterocycles. The zero-order valence-electron chi connectivity index (χ0n) is 17.5. The summed E-state index contributed by atoms with van der Waals surface area (Å²) < 4.78 is 0. The molecule has 166 valence electrons. The minimum atomic E-state index is -0.250. The van der Waals surface area contributed by atoms with Gasteiger partial charge in [-0.1, -0.05) is 30.3 Å². The van der Waals surface area contributed by atoms with Gasteiger partial charge in [0.15, 0.2) is 5.13 Å². The number of aromatic nitrogens is 1. The molecule has 1 aromatic carbocycles. The van der Waals surface area contributed by atoms with E-state index in [1.165, 1.54) is 12.0 Å². The van der Waals surface area contributed by atoms with Crippen LogP contribution in [-0.4, -0.2) is 57.6 Å². The fourth-order valence-electron chi connectivity index (χ4n) is 5.56. The molecule has 3 aliphatic heterocycles. The molecule has 5 rings (SSSR count). The number of amides is 1. The standard InChI is InChI=1S/C22H27N3O2S.CH2O2/c26-13-18-14-28-22(23-18)24-11-16-10-17(12-24)20(9-15-5-2-1-3-6-15)25-19(16)7-4-8-21(25)27;2-1-3/h1-3,5-6,14,16-17,19-20,26H,4,7-13H2;1H,(H,2,3)/t16-,17+,19+,20+;/m1./s1. The first-order chi connectivity index (χ1) is 15.1. The van der Waals surface area contributed by atoms with Crippen LogP contribution in [0.5, 0.6) is 0 Å². The van der Waals surface area contributed by atoms with Gasteiger partial charge in [0, 0.05) is 37.0 Å². The highest BCUT2D eigenvalue weighted by Gasteiger charge is 2.49. The minimum absolute atomic E-state index is 0.00126. The van der Waals surface area contributed by atoms with Crippen LogP contribution in [0.4, 0.5) is 5.13 Å². The van der Waals surface area contributed by atoms with Crippen LogP contribution >= 0.6 is 11.3 Å². The Morgan fingerprint density at radius 1 is 1.19 bits per heavy atom. The first kappa shape index (κ1) is 21.8. The molecule has 3 aliphatic rings. The summed E-state index contributed by atoms with van der Waals surface area (Å²) in [7, 11) is 0. The largest absolute Gasteiger partial charge is 0.483 e. The van der Waals surface area contributed by atoms with Crippen LogP contribution in [-0.2, 0) is 22.6 Å². The van der Waals surface area contributed by atoms with E-state index in [2.05, 4.69) is 45.1 Å². The van der Waals surface area contributed by atoms with Gasteiger partial charge in [0.1, 0.15) is 0 Å². The lowest BCUT2D eigenvalue weighted by Gasteiger charge is -2.56. The third-order valence-corrected chi connectivity index (χ3v) is 7.71. The number of carbonyl (C=O) groups is 2. The quantitative estimate of drug-likeness (QED) is 0.706. The van der Waals surface area contributed by atoms with Crippen molar-refractivity contribution >= 4 is 28.8 Å². The van der Waals surface area contributed by atoms with Crippen molar-refractivity contribution < 1.29 is 19.8 Å². The Morgan fingerprint density at radius 2 is 1.94 bits per heavy atom. The first-order valence-electron chi connectivity index (χ1n) is 10.9. The van der Waals surface area contributed by atoms with Gasteiger partial charge in [0.2, 0.25) is 5.91 Å². The topological polar surface area (TPSA) is 94.0 Å². The number of thiazole rings is 1. The Morgan fingerprint density at radius 3 is 2.65 bits per heavy atom. The third-order valence-electron chi connectivity index (χ3n) is 6.76. The van der Waals surface area contributed by atoms with E-state index in [4.69, 9.17) is 9.90 Å². The molecule has 8 heteroatoms. The molecule has 7 nitrogen and oxygen atoms in total. The van der Waals surface area contributed by atoms with Crippen LogP contribution in [0.1, 0.15) is 36.9 Å². The van der Waals surface area contributed by atoms with E-state index < -0.39 is 0 Å². The van der Waals surface area contributed by atoms with Gasteiger partial charge >= 0.3 is 0 Å². The van der Waals surface area contributed by atoms with Gasteiger partial charge in [-0.25, -0.2) is 4.98 Å². The van der Waals surface area contributed by atoms with Gasteiger partial charge in [-0.15, -0.1) is 11.3 Å². The van der Waals surface area contributed by atoms with E-state index in [1.54, 1.807) is 11.3 Å². The van der Waals surface area contributed by atoms with Crippen molar-refractivity contribution in [2.45, 2.75) is 50.8 Å². The Balaban J connectivity index is 0.000000730. The van der Waals surface area contributed by atoms with Gasteiger partial charge in [-0.3, -0.25) is 9.59 Å². The van der Waals surface area contributed by atoms with Crippen molar-refractivity contribution in [1.29, 1.82) is 0 Å². The van der Waals surface area contributed by atoms with Crippen LogP contribution in [0, 0.1) is 11.8 Å². The molecule has 4 atom stereocenters. The molecular weight excluding hydrogens is 414 g/mol. The second-order valence-corrected chi connectivity index (χ2v) is 9.40. The summed E-state index contributed by atoms with van der Waals surface area (Å²) in [5.41, 5.74) is 2.07. The molecule has 3 fully saturated rings. The first-order valence-corrected chi connectivity index (χ1v) is 11.8. The normalized spacial score (nSPS) is 27.2. The maximum Gasteiger partial charge on any atom is 0.290 e. The van der Waals surface area contributed by atoms with E-state index in [9.17, 15) is 9.90 Å². The Bertz CT molecular complexity index is 890. The van der Waals surface area contributed by atoms with Gasteiger partial charge < -0.3 is 20.0 Å². The molecular formula is C23H29N3O4S. The number of aliphatic hydroxyl groups excluding tert-OH is 1. The monoisotopic (exact) mass is 443 g/mol. The average molecular weight is 444 g/mol. The number of hydrogen-bond donors (Lipinski definition) is 2. The van der Waals surface area contributed by atoms with Crippen LogP contribution in [0.25, 0.3) is 0 Å². The molecule has 0 spiro atoms. The highest BCUT2D eigenvalue weighted by atomic mass is 32.1. The number of anilines is 1. The Hall–Kier alpha value is -2.45. The summed E-state index contributed by atoms with van der Waals surface area (Å²) in [4.78, 5) is 30.6. The Kier molecular flexibility index (Phi) is 6.87. The summed E-state index contributed by atoms with van der Waals surface area (Å²) in [5, 5.41) is 19.2. The number of rotatable bonds is 4. The van der Waals surface area contributed by atoms with Gasteiger partial charge in [0.25, 0.3) is 6.47 Å². The molecule has 0 unspecified atom stereocenters. The number of piperidine rings is 3. The number of nitrogens with zero attached hydrogens (tertiary/aromatic N) is 3. The van der Waals surface area contributed by atoms with Gasteiger partial charge in [-0.05, 0) is 43.1 Å². The second kappa shape index (κ2) is 9.78. The van der Waals surface area contributed by atoms with E-state index in [0.29, 0.717) is 30.2 Å². The number of carboxylic acid groups (broad SMARTS) is 1. The summed E-state index contributed by atoms with van der Waals surface area (Å²) in [5.74, 6) is 1.35. The summed E-state index contributed by atoms with van der Waals surface area (Å²) >= 11 is 1.63. The highest BCUT2D eigenvalue weighted by Crippen LogP contribution is 2.43. The predicted molar refractivity (Wildman–Crippen MR) is 119 cm³/mol. The van der Waals surface area contributed by atoms with E-state index in [1.807, 2.05) is 5.38 Å². The summed E-state index contributed by atoms with van der Waals surface area (Å²) in [6, 6.07) is 11.3. The summed E-state index contributed by atoms with van der Waals surface area (Å²) in [6.07, 6.45) is 5.00. The zero-order chi connectivity index (χ0) is 21.8. The predicted octanol–water partition coefficient (Wildman–Crippen LogP) is 2.78. The average Bonchev–Trinajstić information content (AvgIpc) is 3.27. The highest BCUT2D eigenvalue weighted by molar-refractivity contribution is 7.13. The van der Waals surface area contributed by atoms with Crippen molar-refractivity contribution in [2.75, 3.05) is 18.0 Å². The molecule has 1 amide bonds. The Labute approximate surface area is 186 Å². The number of hydrogen-bond acceptors (Lipinski definition) is 6. The maximum absolute atomic E-state index is 12.9. The number of carbonyl (C=O) groups excluding carboxylic acids is 1. The smallest absolute Gasteiger partial charge is 0.290 e. The van der Waals surface area contributed by atoms with E-state index >= 15 is 0 Å². The summed E-state index contributed by atoms with van der Waals surface area (Å²) in [6.45, 7) is 1.67. The van der Waals surface area contributed by atoms with Crippen LogP contribution in [0.3, 0.4) is 0 Å². The van der Waals surface area contributed by atoms with Crippen molar-refractivity contribution in [3.05, 3.63) is 47.0 Å². The zero-order valence-corrected chi connectivity index (χ0v) is 18.3. The van der Waals surface area contributed by atoms with Crippen LogP contribution < -0.4 is 4.90 Å². The van der Waals surface area contributed by atoms with Gasteiger partial charge in [-0.2, -0.15) is 0 Å². The van der Waals surface area contributed by atoms with E-state index in [0.717, 1.165) is 43.2 Å². The van der Waals surface area contributed by atoms with Crippen molar-refractivity contribution in [3.8, 4) is 0 Å². The lowest BCUT2D eigenvalue weighted by molar-refractivity contribution is -0.148. The molecule has 2 N–H and O–H groups in total. The number of aliphatic hydroxyl groups is 1. The van der Waals surface area contributed by atoms with E-state index in [-0.39, 0.29) is 19.1 Å². The molecule has 4 heterocycles. The van der Waals surface area contributed by atoms with Crippen LogP contribution in [0.2, 0.25) is 0 Å². The molecule has 0 aliphatic carbocycles. The SMILES string of the molecule is O=C1CCC[C@H]2[C@@H]3C[C@@H](CN(c4nc(CO)cs4)C3)[C@H](Cc3ccccc3)N12.O=CO.